The Labute approximate surface area is 92.9 Å². The number of aliphatic hydroxyl groups is 2. The summed E-state index contributed by atoms with van der Waals surface area (Å²) in [6.07, 6.45) is 6.53. The monoisotopic (exact) mass is 215 g/mol. The molecule has 0 heterocycles. The van der Waals surface area contributed by atoms with Crippen molar-refractivity contribution in [3.8, 4) is 0 Å². The highest BCUT2D eigenvalue weighted by Gasteiger charge is 2.18. The van der Waals surface area contributed by atoms with Crippen LogP contribution in [0.2, 0.25) is 0 Å². The van der Waals surface area contributed by atoms with Gasteiger partial charge in [0, 0.05) is 6.54 Å². The Hall–Kier alpha value is -0.120. The van der Waals surface area contributed by atoms with Crippen LogP contribution in [0.4, 0.5) is 0 Å². The van der Waals surface area contributed by atoms with E-state index in [1.807, 2.05) is 0 Å². The molecule has 1 aliphatic rings. The van der Waals surface area contributed by atoms with Crippen molar-refractivity contribution in [3.05, 3.63) is 0 Å². The summed E-state index contributed by atoms with van der Waals surface area (Å²) in [5, 5.41) is 22.0. The van der Waals surface area contributed by atoms with Gasteiger partial charge in [0.15, 0.2) is 0 Å². The van der Waals surface area contributed by atoms with Crippen molar-refractivity contribution in [2.24, 2.45) is 5.92 Å². The second-order valence-corrected chi connectivity index (χ2v) is 4.88. The van der Waals surface area contributed by atoms with Crippen LogP contribution in [0.25, 0.3) is 0 Å². The Kier molecular flexibility index (Phi) is 6.22. The van der Waals surface area contributed by atoms with E-state index in [9.17, 15) is 5.11 Å². The van der Waals surface area contributed by atoms with E-state index < -0.39 is 0 Å². The summed E-state index contributed by atoms with van der Waals surface area (Å²) in [7, 11) is 0. The molecule has 3 N–H and O–H groups in total. The van der Waals surface area contributed by atoms with Gasteiger partial charge in [-0.25, -0.2) is 0 Å². The molecular weight excluding hydrogens is 190 g/mol. The van der Waals surface area contributed by atoms with E-state index >= 15 is 0 Å². The van der Waals surface area contributed by atoms with Gasteiger partial charge in [-0.15, -0.1) is 0 Å². The smallest absolute Gasteiger partial charge is 0.0667 e. The normalized spacial score (nSPS) is 21.8. The van der Waals surface area contributed by atoms with Crippen molar-refractivity contribution in [1.82, 2.24) is 5.32 Å². The molecule has 90 valence electrons. The average molecular weight is 215 g/mol. The predicted molar refractivity (Wildman–Crippen MR) is 61.7 cm³/mol. The van der Waals surface area contributed by atoms with Gasteiger partial charge in [0.05, 0.1) is 12.2 Å². The Balaban J connectivity index is 1.95. The molecule has 0 bridgehead atoms. The van der Waals surface area contributed by atoms with Gasteiger partial charge in [0.2, 0.25) is 0 Å². The lowest BCUT2D eigenvalue weighted by molar-refractivity contribution is 0.136. The topological polar surface area (TPSA) is 52.5 Å². The maximum atomic E-state index is 9.75. The number of nitrogens with one attached hydrogen (secondary N) is 1. The fourth-order valence-electron chi connectivity index (χ4n) is 2.29. The molecule has 0 spiro atoms. The largest absolute Gasteiger partial charge is 0.393 e. The molecule has 3 heteroatoms. The third-order valence-corrected chi connectivity index (χ3v) is 3.20. The number of hydrogen-bond acceptors (Lipinski definition) is 3. The molecule has 1 saturated carbocycles. The van der Waals surface area contributed by atoms with Crippen LogP contribution in [0.15, 0.2) is 0 Å². The highest BCUT2D eigenvalue weighted by molar-refractivity contribution is 4.72. The molecule has 0 aromatic rings. The summed E-state index contributed by atoms with van der Waals surface area (Å²) in [6.45, 7) is 3.25. The lowest BCUT2D eigenvalue weighted by atomic mass is 10.00. The van der Waals surface area contributed by atoms with Gasteiger partial charge >= 0.3 is 0 Å². The van der Waals surface area contributed by atoms with Crippen LogP contribution in [0.5, 0.6) is 0 Å². The summed E-state index contributed by atoms with van der Waals surface area (Å²) in [6, 6.07) is 0. The third kappa shape index (κ3) is 6.13. The first kappa shape index (κ1) is 12.9. The number of aliphatic hydroxyl groups excluding tert-OH is 2. The molecule has 1 fully saturated rings. The SMILES string of the molecule is CC(O)CCNCC(O)CC1CCCC1. The van der Waals surface area contributed by atoms with Crippen molar-refractivity contribution in [2.75, 3.05) is 13.1 Å². The summed E-state index contributed by atoms with van der Waals surface area (Å²) in [5.74, 6) is 0.749. The summed E-state index contributed by atoms with van der Waals surface area (Å²) in [4.78, 5) is 0. The minimum Gasteiger partial charge on any atom is -0.393 e. The number of rotatable bonds is 7. The first-order valence-corrected chi connectivity index (χ1v) is 6.25. The first-order valence-electron chi connectivity index (χ1n) is 6.25. The molecule has 3 nitrogen and oxygen atoms in total. The molecule has 0 aliphatic heterocycles. The van der Waals surface area contributed by atoms with Gasteiger partial charge in [0.25, 0.3) is 0 Å². The van der Waals surface area contributed by atoms with Crippen LogP contribution in [-0.2, 0) is 0 Å². The second-order valence-electron chi connectivity index (χ2n) is 4.88. The summed E-state index contributed by atoms with van der Waals surface area (Å²) in [5.41, 5.74) is 0. The fourth-order valence-corrected chi connectivity index (χ4v) is 2.29. The van der Waals surface area contributed by atoms with E-state index in [2.05, 4.69) is 5.32 Å². The minimum absolute atomic E-state index is 0.206. The van der Waals surface area contributed by atoms with Gasteiger partial charge in [-0.1, -0.05) is 25.7 Å². The van der Waals surface area contributed by atoms with Crippen molar-refractivity contribution in [3.63, 3.8) is 0 Å². The fraction of sp³-hybridized carbons (Fsp3) is 1.00. The Morgan fingerprint density at radius 3 is 2.53 bits per heavy atom. The minimum atomic E-state index is -0.246. The molecule has 2 unspecified atom stereocenters. The zero-order valence-electron chi connectivity index (χ0n) is 9.78. The molecule has 1 rings (SSSR count). The van der Waals surface area contributed by atoms with E-state index in [0.717, 1.165) is 25.3 Å². The lowest BCUT2D eigenvalue weighted by Crippen LogP contribution is -2.30. The van der Waals surface area contributed by atoms with Gasteiger partial charge in [0.1, 0.15) is 0 Å². The molecule has 1 aliphatic carbocycles. The summed E-state index contributed by atoms with van der Waals surface area (Å²) < 4.78 is 0. The molecule has 0 amide bonds. The van der Waals surface area contributed by atoms with E-state index in [-0.39, 0.29) is 12.2 Å². The van der Waals surface area contributed by atoms with Crippen LogP contribution in [0.3, 0.4) is 0 Å². The standard InChI is InChI=1S/C12H25NO2/c1-10(14)6-7-13-9-12(15)8-11-4-2-3-5-11/h10-15H,2-9H2,1H3. The van der Waals surface area contributed by atoms with Crippen LogP contribution < -0.4 is 5.32 Å². The van der Waals surface area contributed by atoms with Crippen LogP contribution in [0.1, 0.15) is 45.4 Å². The zero-order valence-corrected chi connectivity index (χ0v) is 9.78. The lowest BCUT2D eigenvalue weighted by Gasteiger charge is -2.16. The Morgan fingerprint density at radius 2 is 1.93 bits per heavy atom. The van der Waals surface area contributed by atoms with Crippen molar-refractivity contribution in [1.29, 1.82) is 0 Å². The molecule has 0 aromatic carbocycles. The van der Waals surface area contributed by atoms with Crippen molar-refractivity contribution in [2.45, 2.75) is 57.7 Å². The third-order valence-electron chi connectivity index (χ3n) is 3.20. The number of hydrogen-bond donors (Lipinski definition) is 3. The van der Waals surface area contributed by atoms with E-state index in [1.165, 1.54) is 25.7 Å². The van der Waals surface area contributed by atoms with Crippen LogP contribution >= 0.6 is 0 Å². The molecule has 0 saturated heterocycles. The van der Waals surface area contributed by atoms with E-state index in [4.69, 9.17) is 5.11 Å². The summed E-state index contributed by atoms with van der Waals surface area (Å²) >= 11 is 0. The van der Waals surface area contributed by atoms with Gasteiger partial charge in [-0.05, 0) is 32.2 Å². The average Bonchev–Trinajstić information content (AvgIpc) is 2.64. The Morgan fingerprint density at radius 1 is 1.27 bits per heavy atom. The second kappa shape index (κ2) is 7.20. The van der Waals surface area contributed by atoms with Gasteiger partial charge < -0.3 is 15.5 Å². The van der Waals surface area contributed by atoms with E-state index in [1.54, 1.807) is 6.92 Å². The molecule has 15 heavy (non-hydrogen) atoms. The Bertz CT molecular complexity index is 156. The molecule has 2 atom stereocenters. The molecule has 0 radical (unpaired) electrons. The van der Waals surface area contributed by atoms with Crippen molar-refractivity contribution >= 4 is 0 Å². The highest BCUT2D eigenvalue weighted by atomic mass is 16.3. The van der Waals surface area contributed by atoms with Crippen molar-refractivity contribution < 1.29 is 10.2 Å². The quantitative estimate of drug-likeness (QED) is 0.561. The zero-order chi connectivity index (χ0) is 11.1. The maximum Gasteiger partial charge on any atom is 0.0667 e. The highest BCUT2D eigenvalue weighted by Crippen LogP contribution is 2.28. The predicted octanol–water partition coefficient (Wildman–Crippen LogP) is 1.29. The van der Waals surface area contributed by atoms with Crippen LogP contribution in [-0.4, -0.2) is 35.5 Å². The van der Waals surface area contributed by atoms with Gasteiger partial charge in [-0.2, -0.15) is 0 Å². The molecular formula is C12H25NO2. The van der Waals surface area contributed by atoms with Gasteiger partial charge in [-0.3, -0.25) is 0 Å². The maximum absolute atomic E-state index is 9.75. The van der Waals surface area contributed by atoms with Crippen LogP contribution in [0, 0.1) is 5.92 Å². The van der Waals surface area contributed by atoms with E-state index in [0.29, 0.717) is 6.54 Å². The molecule has 0 aromatic heterocycles. The first-order chi connectivity index (χ1) is 7.18.